The molecule has 1 aromatic heterocycles. The summed E-state index contributed by atoms with van der Waals surface area (Å²) in [6.45, 7) is 1.91. The Kier molecular flexibility index (Phi) is 3.65. The molecule has 0 saturated carbocycles. The molecule has 0 spiro atoms. The van der Waals surface area contributed by atoms with Crippen LogP contribution in [0.2, 0.25) is 0 Å². The molecular formula is C15H19N3O. The second kappa shape index (κ2) is 5.58. The number of pyridine rings is 1. The summed E-state index contributed by atoms with van der Waals surface area (Å²) in [7, 11) is 0. The number of ether oxygens (including phenoxy) is 1. The van der Waals surface area contributed by atoms with E-state index in [1.807, 2.05) is 6.07 Å². The van der Waals surface area contributed by atoms with Crippen LogP contribution in [0.25, 0.3) is 0 Å². The van der Waals surface area contributed by atoms with E-state index in [1.54, 1.807) is 0 Å². The Balaban J connectivity index is 1.84. The highest BCUT2D eigenvalue weighted by Gasteiger charge is 2.20. The van der Waals surface area contributed by atoms with Gasteiger partial charge in [0.25, 0.3) is 0 Å². The molecule has 100 valence electrons. The first kappa shape index (κ1) is 12.4. The Morgan fingerprint density at radius 1 is 1.32 bits per heavy atom. The number of nitrogens with zero attached hydrogens (tertiary/aromatic N) is 2. The molecule has 4 nitrogen and oxygen atoms in total. The van der Waals surface area contributed by atoms with E-state index < -0.39 is 0 Å². The maximum atomic E-state index is 9.26. The number of nitrogens with one attached hydrogen (secondary N) is 1. The van der Waals surface area contributed by atoms with Gasteiger partial charge in [0.05, 0.1) is 0 Å². The van der Waals surface area contributed by atoms with Crippen LogP contribution in [0.15, 0.2) is 6.07 Å². The van der Waals surface area contributed by atoms with Crippen LogP contribution < -0.4 is 10.1 Å². The van der Waals surface area contributed by atoms with Crippen LogP contribution in [0.3, 0.4) is 0 Å². The van der Waals surface area contributed by atoms with Crippen LogP contribution in [-0.2, 0) is 12.8 Å². The quantitative estimate of drug-likeness (QED) is 0.880. The summed E-state index contributed by atoms with van der Waals surface area (Å²) in [4.78, 5) is 4.61. The maximum Gasteiger partial charge on any atom is 0.232 e. The third-order valence-electron chi connectivity index (χ3n) is 3.92. The fourth-order valence-electron chi connectivity index (χ4n) is 2.86. The van der Waals surface area contributed by atoms with Crippen molar-refractivity contribution in [3.63, 3.8) is 0 Å². The number of hydrogen-bond donors (Lipinski definition) is 1. The van der Waals surface area contributed by atoms with Gasteiger partial charge in [-0.1, -0.05) is 0 Å². The molecule has 1 N–H and O–H groups in total. The molecule has 2 aliphatic rings. The molecule has 0 bridgehead atoms. The van der Waals surface area contributed by atoms with Gasteiger partial charge in [0.1, 0.15) is 17.7 Å². The molecule has 4 heteroatoms. The Morgan fingerprint density at radius 3 is 3.00 bits per heavy atom. The minimum atomic E-state index is 0.148. The van der Waals surface area contributed by atoms with Crippen molar-refractivity contribution in [3.05, 3.63) is 22.9 Å². The fourth-order valence-corrected chi connectivity index (χ4v) is 2.86. The molecule has 1 saturated heterocycles. The van der Waals surface area contributed by atoms with Crippen LogP contribution >= 0.6 is 0 Å². The van der Waals surface area contributed by atoms with Gasteiger partial charge in [-0.2, -0.15) is 5.26 Å². The number of nitriles is 1. The van der Waals surface area contributed by atoms with Gasteiger partial charge in [-0.15, -0.1) is 0 Å². The van der Waals surface area contributed by atoms with Crippen molar-refractivity contribution in [1.82, 2.24) is 10.3 Å². The SMILES string of the molecule is N#Cc1cc2c(nc1OC1CCCNC1)CCCC2. The van der Waals surface area contributed by atoms with Crippen LogP contribution in [0, 0.1) is 11.3 Å². The molecule has 1 unspecified atom stereocenters. The number of rotatable bonds is 2. The van der Waals surface area contributed by atoms with Gasteiger partial charge in [0.15, 0.2) is 0 Å². The fraction of sp³-hybridized carbons (Fsp3) is 0.600. The van der Waals surface area contributed by atoms with E-state index in [1.165, 1.54) is 18.4 Å². The molecule has 1 aromatic rings. The van der Waals surface area contributed by atoms with Crippen molar-refractivity contribution < 1.29 is 4.74 Å². The average Bonchev–Trinajstić information content (AvgIpc) is 2.47. The lowest BCUT2D eigenvalue weighted by Crippen LogP contribution is -2.37. The zero-order chi connectivity index (χ0) is 13.1. The van der Waals surface area contributed by atoms with Crippen molar-refractivity contribution in [2.45, 2.75) is 44.6 Å². The number of hydrogen-bond acceptors (Lipinski definition) is 4. The van der Waals surface area contributed by atoms with Crippen LogP contribution in [0.4, 0.5) is 0 Å². The summed E-state index contributed by atoms with van der Waals surface area (Å²) >= 11 is 0. The normalized spacial score (nSPS) is 22.4. The van der Waals surface area contributed by atoms with Crippen molar-refractivity contribution in [1.29, 1.82) is 5.26 Å². The lowest BCUT2D eigenvalue weighted by Gasteiger charge is -2.25. The van der Waals surface area contributed by atoms with Gasteiger partial charge in [0.2, 0.25) is 5.88 Å². The summed E-state index contributed by atoms with van der Waals surface area (Å²) in [5.74, 6) is 0.539. The van der Waals surface area contributed by atoms with Gasteiger partial charge in [-0.05, 0) is 56.7 Å². The highest BCUT2D eigenvalue weighted by molar-refractivity contribution is 5.43. The molecule has 0 amide bonds. The predicted octanol–water partition coefficient (Wildman–Crippen LogP) is 1.96. The third-order valence-corrected chi connectivity index (χ3v) is 3.92. The van der Waals surface area contributed by atoms with E-state index in [9.17, 15) is 5.26 Å². The summed E-state index contributed by atoms with van der Waals surface area (Å²) in [6, 6.07) is 4.21. The van der Waals surface area contributed by atoms with Gasteiger partial charge >= 0.3 is 0 Å². The average molecular weight is 257 g/mol. The molecule has 2 heterocycles. The van der Waals surface area contributed by atoms with Crippen molar-refractivity contribution in [2.24, 2.45) is 0 Å². The minimum absolute atomic E-state index is 0.148. The van der Waals surface area contributed by atoms with Crippen molar-refractivity contribution >= 4 is 0 Å². The van der Waals surface area contributed by atoms with Gasteiger partial charge in [-0.25, -0.2) is 4.98 Å². The minimum Gasteiger partial charge on any atom is -0.472 e. The van der Waals surface area contributed by atoms with E-state index in [0.717, 1.165) is 44.5 Å². The molecule has 1 aliphatic carbocycles. The smallest absolute Gasteiger partial charge is 0.232 e. The lowest BCUT2D eigenvalue weighted by molar-refractivity contribution is 0.159. The van der Waals surface area contributed by atoms with E-state index in [-0.39, 0.29) is 6.10 Å². The van der Waals surface area contributed by atoms with Crippen LogP contribution in [0.1, 0.15) is 42.5 Å². The second-order valence-corrected chi connectivity index (χ2v) is 5.35. The second-order valence-electron chi connectivity index (χ2n) is 5.35. The van der Waals surface area contributed by atoms with E-state index in [4.69, 9.17) is 4.74 Å². The number of fused-ring (bicyclic) bond motifs is 1. The number of aromatic nitrogens is 1. The summed E-state index contributed by atoms with van der Waals surface area (Å²) in [6.07, 6.45) is 6.76. The van der Waals surface area contributed by atoms with Gasteiger partial charge in [-0.3, -0.25) is 0 Å². The number of aryl methyl sites for hydroxylation is 2. The zero-order valence-corrected chi connectivity index (χ0v) is 11.1. The first-order valence-corrected chi connectivity index (χ1v) is 7.17. The van der Waals surface area contributed by atoms with E-state index in [0.29, 0.717) is 11.4 Å². The van der Waals surface area contributed by atoms with Crippen LogP contribution in [-0.4, -0.2) is 24.2 Å². The Labute approximate surface area is 113 Å². The Morgan fingerprint density at radius 2 is 2.21 bits per heavy atom. The summed E-state index contributed by atoms with van der Waals surface area (Å²) in [5, 5.41) is 12.6. The molecule has 0 aromatic carbocycles. The highest BCUT2D eigenvalue weighted by atomic mass is 16.5. The van der Waals surface area contributed by atoms with E-state index in [2.05, 4.69) is 16.4 Å². The molecule has 1 atom stereocenters. The van der Waals surface area contributed by atoms with Crippen molar-refractivity contribution in [2.75, 3.05) is 13.1 Å². The van der Waals surface area contributed by atoms with Gasteiger partial charge in [0, 0.05) is 12.2 Å². The lowest BCUT2D eigenvalue weighted by atomic mass is 9.95. The molecule has 3 rings (SSSR count). The first-order valence-electron chi connectivity index (χ1n) is 7.17. The highest BCUT2D eigenvalue weighted by Crippen LogP contribution is 2.26. The summed E-state index contributed by atoms with van der Waals surface area (Å²) in [5.41, 5.74) is 2.95. The predicted molar refractivity (Wildman–Crippen MR) is 72.1 cm³/mol. The van der Waals surface area contributed by atoms with Crippen molar-refractivity contribution in [3.8, 4) is 11.9 Å². The first-order chi connectivity index (χ1) is 9.36. The third kappa shape index (κ3) is 2.71. The van der Waals surface area contributed by atoms with E-state index >= 15 is 0 Å². The molecule has 1 fully saturated rings. The Bertz CT molecular complexity index is 501. The Hall–Kier alpha value is -1.60. The molecular weight excluding hydrogens is 238 g/mol. The standard InChI is InChI=1S/C15H19N3O/c16-9-12-8-11-4-1-2-6-14(11)18-15(12)19-13-5-3-7-17-10-13/h8,13,17H,1-7,10H2. The topological polar surface area (TPSA) is 57.9 Å². The van der Waals surface area contributed by atoms with Gasteiger partial charge < -0.3 is 10.1 Å². The van der Waals surface area contributed by atoms with Crippen LogP contribution in [0.5, 0.6) is 5.88 Å². The number of piperidine rings is 1. The maximum absolute atomic E-state index is 9.26. The zero-order valence-electron chi connectivity index (χ0n) is 11.1. The molecule has 0 radical (unpaired) electrons. The molecule has 19 heavy (non-hydrogen) atoms. The molecule has 1 aliphatic heterocycles. The monoisotopic (exact) mass is 257 g/mol. The summed E-state index contributed by atoms with van der Waals surface area (Å²) < 4.78 is 5.95. The largest absolute Gasteiger partial charge is 0.472 e.